The third kappa shape index (κ3) is 2.58. The Hall–Kier alpha value is -2.90. The average Bonchev–Trinajstić information content (AvgIpc) is 2.82. The number of benzene rings is 1. The van der Waals surface area contributed by atoms with Crippen molar-refractivity contribution < 1.29 is 14.2 Å². The molecule has 2 aromatic rings. The van der Waals surface area contributed by atoms with Crippen molar-refractivity contribution in [1.82, 2.24) is 5.16 Å². The number of anilines is 2. The number of para-hydroxylation sites is 1. The molecule has 2 N–H and O–H groups in total. The van der Waals surface area contributed by atoms with Crippen LogP contribution in [0, 0.1) is 17.0 Å². The van der Waals surface area contributed by atoms with Crippen molar-refractivity contribution in [2.75, 3.05) is 17.7 Å². The Morgan fingerprint density at radius 2 is 2.20 bits per heavy atom. The highest BCUT2D eigenvalue weighted by molar-refractivity contribution is 6.07. The predicted molar refractivity (Wildman–Crippen MR) is 71.8 cm³/mol. The van der Waals surface area contributed by atoms with Gasteiger partial charge in [-0.15, -0.1) is 0 Å². The number of rotatable bonds is 4. The fraction of sp³-hybridized carbons (Fsp3) is 0.167. The molecular weight excluding hydrogens is 264 g/mol. The van der Waals surface area contributed by atoms with E-state index in [9.17, 15) is 14.9 Å². The van der Waals surface area contributed by atoms with Crippen LogP contribution in [-0.4, -0.2) is 23.0 Å². The van der Waals surface area contributed by atoms with Gasteiger partial charge >= 0.3 is 5.69 Å². The number of amides is 1. The lowest BCUT2D eigenvalue weighted by Crippen LogP contribution is -2.14. The van der Waals surface area contributed by atoms with Gasteiger partial charge in [0.25, 0.3) is 5.91 Å². The molecule has 104 valence electrons. The summed E-state index contributed by atoms with van der Waals surface area (Å²) < 4.78 is 4.85. The molecule has 0 saturated heterocycles. The van der Waals surface area contributed by atoms with Crippen LogP contribution in [-0.2, 0) is 0 Å². The molecule has 0 fully saturated rings. The van der Waals surface area contributed by atoms with E-state index in [0.29, 0.717) is 5.69 Å². The summed E-state index contributed by atoms with van der Waals surface area (Å²) in [4.78, 5) is 22.6. The molecule has 0 atom stereocenters. The van der Waals surface area contributed by atoms with Crippen LogP contribution in [0.4, 0.5) is 17.3 Å². The van der Waals surface area contributed by atoms with Gasteiger partial charge in [0.1, 0.15) is 11.3 Å². The van der Waals surface area contributed by atoms with E-state index in [1.165, 1.54) is 18.2 Å². The second-order valence-electron chi connectivity index (χ2n) is 4.00. The number of hydrogen-bond acceptors (Lipinski definition) is 6. The van der Waals surface area contributed by atoms with Gasteiger partial charge in [0.2, 0.25) is 5.88 Å². The third-order valence-electron chi connectivity index (χ3n) is 2.60. The number of carbonyl (C=O) groups is 1. The molecule has 8 nitrogen and oxygen atoms in total. The maximum atomic E-state index is 12.1. The molecule has 0 bridgehead atoms. The summed E-state index contributed by atoms with van der Waals surface area (Å²) in [6, 6.07) is 5.97. The summed E-state index contributed by atoms with van der Waals surface area (Å²) in [6.07, 6.45) is 0. The van der Waals surface area contributed by atoms with Crippen LogP contribution in [0.5, 0.6) is 0 Å². The molecule has 0 aliphatic rings. The molecule has 0 saturated carbocycles. The second-order valence-corrected chi connectivity index (χ2v) is 4.00. The molecule has 0 aliphatic carbocycles. The molecule has 2 rings (SSSR count). The Morgan fingerprint density at radius 1 is 1.45 bits per heavy atom. The Morgan fingerprint density at radius 3 is 2.75 bits per heavy atom. The summed E-state index contributed by atoms with van der Waals surface area (Å²) >= 11 is 0. The number of carbonyl (C=O) groups excluding carboxylic acids is 1. The summed E-state index contributed by atoms with van der Waals surface area (Å²) in [5.41, 5.74) is 0.509. The first kappa shape index (κ1) is 13.5. The van der Waals surface area contributed by atoms with Crippen molar-refractivity contribution in [3.05, 3.63) is 45.6 Å². The highest BCUT2D eigenvalue weighted by atomic mass is 16.6. The van der Waals surface area contributed by atoms with Gasteiger partial charge in [0, 0.05) is 13.1 Å². The van der Waals surface area contributed by atoms with Gasteiger partial charge in [-0.3, -0.25) is 20.2 Å². The number of aromatic nitrogens is 1. The van der Waals surface area contributed by atoms with Crippen molar-refractivity contribution in [3.63, 3.8) is 0 Å². The van der Waals surface area contributed by atoms with E-state index in [1.807, 2.05) is 0 Å². The molecule has 0 radical (unpaired) electrons. The smallest absolute Gasteiger partial charge is 0.305 e. The fourth-order valence-corrected chi connectivity index (χ4v) is 1.73. The van der Waals surface area contributed by atoms with Crippen molar-refractivity contribution in [1.29, 1.82) is 0 Å². The van der Waals surface area contributed by atoms with E-state index in [4.69, 9.17) is 4.52 Å². The molecule has 1 aromatic heterocycles. The number of hydrogen-bond donors (Lipinski definition) is 2. The highest BCUT2D eigenvalue weighted by Gasteiger charge is 2.24. The first-order valence-electron chi connectivity index (χ1n) is 5.72. The van der Waals surface area contributed by atoms with Gasteiger partial charge in [-0.05, 0) is 19.1 Å². The zero-order chi connectivity index (χ0) is 14.7. The zero-order valence-corrected chi connectivity index (χ0v) is 10.8. The third-order valence-corrected chi connectivity index (χ3v) is 2.60. The van der Waals surface area contributed by atoms with Crippen molar-refractivity contribution in [2.45, 2.75) is 6.92 Å². The van der Waals surface area contributed by atoms with Crippen molar-refractivity contribution in [3.8, 4) is 0 Å². The number of aryl methyl sites for hydroxylation is 1. The van der Waals surface area contributed by atoms with Crippen LogP contribution >= 0.6 is 0 Å². The quantitative estimate of drug-likeness (QED) is 0.654. The van der Waals surface area contributed by atoms with Gasteiger partial charge in [0.15, 0.2) is 0 Å². The van der Waals surface area contributed by atoms with Crippen molar-refractivity contribution in [2.24, 2.45) is 0 Å². The van der Waals surface area contributed by atoms with Crippen LogP contribution in [0.15, 0.2) is 28.8 Å². The van der Waals surface area contributed by atoms with Crippen LogP contribution in [0.25, 0.3) is 0 Å². The normalized spacial score (nSPS) is 10.1. The molecule has 8 heteroatoms. The number of nitro groups is 1. The van der Waals surface area contributed by atoms with Crippen LogP contribution < -0.4 is 10.6 Å². The molecule has 1 heterocycles. The first-order valence-corrected chi connectivity index (χ1v) is 5.72. The minimum atomic E-state index is -0.634. The topological polar surface area (TPSA) is 110 Å². The van der Waals surface area contributed by atoms with Crippen molar-refractivity contribution >= 4 is 23.2 Å². The highest BCUT2D eigenvalue weighted by Crippen LogP contribution is 2.28. The Balaban J connectivity index is 2.36. The zero-order valence-electron chi connectivity index (χ0n) is 10.8. The monoisotopic (exact) mass is 276 g/mol. The van der Waals surface area contributed by atoms with E-state index in [1.54, 1.807) is 20.0 Å². The number of nitrogens with one attached hydrogen (secondary N) is 2. The molecule has 1 amide bonds. The Bertz CT molecular complexity index is 665. The largest absolute Gasteiger partial charge is 0.383 e. The number of nitrogens with zero attached hydrogens (tertiary/aromatic N) is 2. The summed E-state index contributed by atoms with van der Waals surface area (Å²) in [5.74, 6) is -0.499. The van der Waals surface area contributed by atoms with Crippen LogP contribution in [0.2, 0.25) is 0 Å². The maximum absolute atomic E-state index is 12.1. The minimum Gasteiger partial charge on any atom is -0.383 e. The van der Waals surface area contributed by atoms with E-state index in [2.05, 4.69) is 15.8 Å². The minimum absolute atomic E-state index is 0.0593. The van der Waals surface area contributed by atoms with E-state index in [0.717, 1.165) is 0 Å². The molecule has 0 spiro atoms. The number of nitro benzene ring substituents is 1. The molecule has 1 aromatic carbocycles. The van der Waals surface area contributed by atoms with Gasteiger partial charge in [0.05, 0.1) is 10.6 Å². The lowest BCUT2D eigenvalue weighted by atomic mass is 10.1. The van der Waals surface area contributed by atoms with E-state index < -0.39 is 10.8 Å². The first-order chi connectivity index (χ1) is 9.52. The second kappa shape index (κ2) is 5.39. The average molecular weight is 276 g/mol. The SMILES string of the molecule is CNc1cccc(C(=O)Nc2cc(C)no2)c1[N+](=O)[O-]. The Kier molecular flexibility index (Phi) is 3.65. The fourth-order valence-electron chi connectivity index (χ4n) is 1.73. The molecular formula is C12H12N4O4. The van der Waals surface area contributed by atoms with Gasteiger partial charge in [-0.1, -0.05) is 11.2 Å². The lowest BCUT2D eigenvalue weighted by molar-refractivity contribution is -0.384. The standard InChI is InChI=1S/C12H12N4O4/c1-7-6-10(20-15-7)14-12(17)8-4-3-5-9(13-2)11(8)16(18)19/h3-6,13H,1-2H3,(H,14,17). The summed E-state index contributed by atoms with van der Waals surface area (Å²) in [7, 11) is 1.55. The maximum Gasteiger partial charge on any atom is 0.305 e. The van der Waals surface area contributed by atoms with Crippen LogP contribution in [0.1, 0.15) is 16.1 Å². The lowest BCUT2D eigenvalue weighted by Gasteiger charge is -2.06. The van der Waals surface area contributed by atoms with E-state index >= 15 is 0 Å². The summed E-state index contributed by atoms with van der Waals surface area (Å²) in [6.45, 7) is 1.70. The predicted octanol–water partition coefficient (Wildman–Crippen LogP) is 2.19. The van der Waals surface area contributed by atoms with E-state index in [-0.39, 0.29) is 22.8 Å². The molecule has 0 unspecified atom stereocenters. The summed E-state index contributed by atoms with van der Waals surface area (Å²) in [5, 5.41) is 19.8. The molecule has 20 heavy (non-hydrogen) atoms. The van der Waals surface area contributed by atoms with Gasteiger partial charge in [-0.2, -0.15) is 0 Å². The van der Waals surface area contributed by atoms with Gasteiger partial charge in [-0.25, -0.2) is 0 Å². The Labute approximate surface area is 113 Å². The molecule has 0 aliphatic heterocycles. The van der Waals surface area contributed by atoms with Crippen LogP contribution in [0.3, 0.4) is 0 Å². The van der Waals surface area contributed by atoms with Gasteiger partial charge < -0.3 is 9.84 Å².